The minimum absolute atomic E-state index is 0.362. The van der Waals surface area contributed by atoms with Crippen molar-refractivity contribution in [2.45, 2.75) is 35.6 Å². The molecule has 0 amide bonds. The molecule has 7 nitrogen and oxygen atoms in total. The molecule has 8 heteroatoms. The summed E-state index contributed by atoms with van der Waals surface area (Å²) >= 11 is 1.41. The number of aromatic nitrogens is 6. The molecule has 0 unspecified atom stereocenters. The Morgan fingerprint density at radius 2 is 2.18 bits per heavy atom. The highest BCUT2D eigenvalue weighted by Gasteiger charge is 2.28. The van der Waals surface area contributed by atoms with E-state index in [0.29, 0.717) is 12.6 Å². The van der Waals surface area contributed by atoms with Crippen molar-refractivity contribution >= 4 is 11.8 Å². The molecule has 0 aliphatic heterocycles. The average Bonchev–Trinajstić information content (AvgIpc) is 3.11. The minimum atomic E-state index is 0.362. The van der Waals surface area contributed by atoms with E-state index in [1.54, 1.807) is 12.4 Å². The van der Waals surface area contributed by atoms with Crippen LogP contribution in [0.1, 0.15) is 24.6 Å². The molecule has 0 atom stereocenters. The number of nitrogens with two attached hydrogens (primary N) is 1. The first-order valence-electron chi connectivity index (χ1n) is 5.34. The lowest BCUT2D eigenvalue weighted by Crippen LogP contribution is -2.04. The monoisotopic (exact) mass is 249 g/mol. The molecule has 1 fully saturated rings. The maximum atomic E-state index is 5.62. The lowest BCUT2D eigenvalue weighted by molar-refractivity contribution is 0.565. The lowest BCUT2D eigenvalue weighted by atomic mass is 10.5. The van der Waals surface area contributed by atoms with Gasteiger partial charge in [0.2, 0.25) is 5.16 Å². The molecule has 3 rings (SSSR count). The highest BCUT2D eigenvalue weighted by atomic mass is 32.2. The summed E-state index contributed by atoms with van der Waals surface area (Å²) in [5, 5.41) is 13.2. The first-order chi connectivity index (χ1) is 8.38. The molecule has 1 aliphatic carbocycles. The fourth-order valence-corrected chi connectivity index (χ4v) is 2.36. The maximum Gasteiger partial charge on any atom is 0.215 e. The van der Waals surface area contributed by atoms with E-state index in [-0.39, 0.29) is 0 Å². The molecule has 0 spiro atoms. The van der Waals surface area contributed by atoms with Crippen LogP contribution in [0.4, 0.5) is 0 Å². The lowest BCUT2D eigenvalue weighted by Gasteiger charge is -2.04. The van der Waals surface area contributed by atoms with Gasteiger partial charge in [-0.05, 0) is 35.0 Å². The van der Waals surface area contributed by atoms with E-state index in [0.717, 1.165) is 28.7 Å². The Hall–Kier alpha value is -1.54. The van der Waals surface area contributed by atoms with Crippen molar-refractivity contribution in [1.82, 2.24) is 30.2 Å². The molecule has 2 aromatic rings. The summed E-state index contributed by atoms with van der Waals surface area (Å²) < 4.78 is 1.85. The van der Waals surface area contributed by atoms with Crippen molar-refractivity contribution in [3.63, 3.8) is 0 Å². The highest BCUT2D eigenvalue weighted by molar-refractivity contribution is 7.99. The van der Waals surface area contributed by atoms with Gasteiger partial charge in [0, 0.05) is 18.9 Å². The van der Waals surface area contributed by atoms with Crippen molar-refractivity contribution in [1.29, 1.82) is 0 Å². The molecule has 0 aromatic carbocycles. The number of tetrazole rings is 1. The zero-order chi connectivity index (χ0) is 11.7. The summed E-state index contributed by atoms with van der Waals surface area (Å²) in [6.45, 7) is 0.362. The topological polar surface area (TPSA) is 95.4 Å². The first kappa shape index (κ1) is 10.6. The minimum Gasteiger partial charge on any atom is -0.325 e. The van der Waals surface area contributed by atoms with Gasteiger partial charge in [-0.1, -0.05) is 0 Å². The molecule has 88 valence electrons. The summed E-state index contributed by atoms with van der Waals surface area (Å²) in [5.41, 5.74) is 6.38. The van der Waals surface area contributed by atoms with Crippen molar-refractivity contribution in [2.24, 2.45) is 5.73 Å². The quantitative estimate of drug-likeness (QED) is 0.838. The van der Waals surface area contributed by atoms with Gasteiger partial charge in [-0.25, -0.2) is 9.67 Å². The molecule has 17 heavy (non-hydrogen) atoms. The zero-order valence-electron chi connectivity index (χ0n) is 9.02. The van der Waals surface area contributed by atoms with Gasteiger partial charge >= 0.3 is 0 Å². The molecule has 2 heterocycles. The van der Waals surface area contributed by atoms with Crippen LogP contribution in [0.25, 0.3) is 0 Å². The summed E-state index contributed by atoms with van der Waals surface area (Å²) in [5.74, 6) is 0. The Morgan fingerprint density at radius 1 is 1.35 bits per heavy atom. The van der Waals surface area contributed by atoms with Crippen LogP contribution in [0.5, 0.6) is 0 Å². The van der Waals surface area contributed by atoms with Crippen LogP contribution in [0.2, 0.25) is 0 Å². The standard InChI is InChI=1S/C9H11N7S/c10-5-7-8(12-4-3-11-7)17-9-13-14-15-16(9)6-1-2-6/h3-4,6H,1-2,5,10H2. The van der Waals surface area contributed by atoms with Crippen molar-refractivity contribution in [3.8, 4) is 0 Å². The molecule has 1 aliphatic rings. The van der Waals surface area contributed by atoms with Crippen LogP contribution in [-0.4, -0.2) is 30.2 Å². The van der Waals surface area contributed by atoms with E-state index in [2.05, 4.69) is 25.5 Å². The van der Waals surface area contributed by atoms with Crippen LogP contribution in [0.3, 0.4) is 0 Å². The molecule has 2 aromatic heterocycles. The Morgan fingerprint density at radius 3 is 2.94 bits per heavy atom. The zero-order valence-corrected chi connectivity index (χ0v) is 9.84. The van der Waals surface area contributed by atoms with Gasteiger partial charge in [0.05, 0.1) is 11.7 Å². The summed E-state index contributed by atoms with van der Waals surface area (Å²) in [4.78, 5) is 8.44. The van der Waals surface area contributed by atoms with E-state index in [9.17, 15) is 0 Å². The molecule has 2 N–H and O–H groups in total. The first-order valence-corrected chi connectivity index (χ1v) is 6.16. The van der Waals surface area contributed by atoms with Gasteiger partial charge in [-0.2, -0.15) is 0 Å². The largest absolute Gasteiger partial charge is 0.325 e. The molecular formula is C9H11N7S. The van der Waals surface area contributed by atoms with Crippen LogP contribution in [-0.2, 0) is 6.54 Å². The van der Waals surface area contributed by atoms with Gasteiger partial charge in [0.1, 0.15) is 5.03 Å². The molecule has 0 radical (unpaired) electrons. The number of hydrogen-bond acceptors (Lipinski definition) is 7. The van der Waals surface area contributed by atoms with Gasteiger partial charge in [-0.3, -0.25) is 4.98 Å². The van der Waals surface area contributed by atoms with E-state index in [1.807, 2.05) is 4.68 Å². The number of hydrogen-bond donors (Lipinski definition) is 1. The molecular weight excluding hydrogens is 238 g/mol. The average molecular weight is 249 g/mol. The second kappa shape index (κ2) is 4.38. The molecule has 0 bridgehead atoms. The number of nitrogens with zero attached hydrogens (tertiary/aromatic N) is 6. The Labute approximate surface area is 102 Å². The van der Waals surface area contributed by atoms with Gasteiger partial charge in [0.25, 0.3) is 0 Å². The second-order valence-electron chi connectivity index (χ2n) is 3.75. The third kappa shape index (κ3) is 2.13. The predicted octanol–water partition coefficient (Wildman–Crippen LogP) is 0.408. The van der Waals surface area contributed by atoms with Crippen LogP contribution in [0.15, 0.2) is 22.6 Å². The van der Waals surface area contributed by atoms with Crippen LogP contribution < -0.4 is 5.73 Å². The Kier molecular flexibility index (Phi) is 2.73. The fraction of sp³-hybridized carbons (Fsp3) is 0.444. The fourth-order valence-electron chi connectivity index (χ4n) is 1.47. The third-order valence-corrected chi connectivity index (χ3v) is 3.46. The van der Waals surface area contributed by atoms with Gasteiger partial charge < -0.3 is 5.73 Å². The summed E-state index contributed by atoms with van der Waals surface area (Å²) in [6, 6.07) is 0.450. The highest BCUT2D eigenvalue weighted by Crippen LogP contribution is 2.37. The smallest absolute Gasteiger partial charge is 0.215 e. The maximum absolute atomic E-state index is 5.62. The SMILES string of the molecule is NCc1nccnc1Sc1nnnn1C1CC1. The second-order valence-corrected chi connectivity index (χ2v) is 4.71. The van der Waals surface area contributed by atoms with Crippen molar-refractivity contribution in [2.75, 3.05) is 0 Å². The van der Waals surface area contributed by atoms with E-state index in [1.165, 1.54) is 11.8 Å². The van der Waals surface area contributed by atoms with E-state index in [4.69, 9.17) is 5.73 Å². The summed E-state index contributed by atoms with van der Waals surface area (Å²) in [7, 11) is 0. The van der Waals surface area contributed by atoms with E-state index < -0.39 is 0 Å². The third-order valence-electron chi connectivity index (χ3n) is 2.47. The van der Waals surface area contributed by atoms with E-state index >= 15 is 0 Å². The van der Waals surface area contributed by atoms with Crippen molar-refractivity contribution < 1.29 is 0 Å². The van der Waals surface area contributed by atoms with Gasteiger partial charge in [0.15, 0.2) is 0 Å². The van der Waals surface area contributed by atoms with Crippen LogP contribution >= 0.6 is 11.8 Å². The predicted molar refractivity (Wildman–Crippen MR) is 60.1 cm³/mol. The van der Waals surface area contributed by atoms with Crippen LogP contribution in [0, 0.1) is 0 Å². The van der Waals surface area contributed by atoms with Gasteiger partial charge in [-0.15, -0.1) is 5.10 Å². The normalized spacial score (nSPS) is 15.1. The summed E-state index contributed by atoms with van der Waals surface area (Å²) in [6.07, 6.45) is 5.56. The van der Waals surface area contributed by atoms with Crippen molar-refractivity contribution in [3.05, 3.63) is 18.1 Å². The molecule has 1 saturated carbocycles. The number of rotatable bonds is 4. The Bertz CT molecular complexity index is 522. The Balaban J connectivity index is 1.88. The molecule has 0 saturated heterocycles.